The van der Waals surface area contributed by atoms with Crippen molar-refractivity contribution in [1.29, 1.82) is 0 Å². The first-order valence-corrected chi connectivity index (χ1v) is 10.7. The number of anilines is 1. The zero-order valence-corrected chi connectivity index (χ0v) is 18.0. The van der Waals surface area contributed by atoms with E-state index < -0.39 is 0 Å². The average Bonchev–Trinajstić information content (AvgIpc) is 3.06. The lowest BCUT2D eigenvalue weighted by molar-refractivity contribution is 0.0651. The van der Waals surface area contributed by atoms with E-state index in [-0.39, 0.29) is 17.7 Å². The lowest BCUT2D eigenvalue weighted by Gasteiger charge is -2.36. The van der Waals surface area contributed by atoms with Gasteiger partial charge in [0, 0.05) is 50.0 Å². The van der Waals surface area contributed by atoms with E-state index in [0.717, 1.165) is 24.3 Å². The van der Waals surface area contributed by atoms with E-state index in [9.17, 15) is 14.4 Å². The summed E-state index contributed by atoms with van der Waals surface area (Å²) in [5, 5.41) is 0. The monoisotopic (exact) mass is 421 g/mol. The second-order valence-corrected chi connectivity index (χ2v) is 7.86. The number of carbonyl (C=O) groups is 3. The van der Waals surface area contributed by atoms with Gasteiger partial charge in [0.2, 0.25) is 0 Å². The molecule has 0 N–H and O–H groups in total. The molecule has 1 saturated heterocycles. The summed E-state index contributed by atoms with van der Waals surface area (Å²) in [5.41, 5.74) is 2.25. The smallest absolute Gasteiger partial charge is 0.261 e. The number of amides is 3. The highest BCUT2D eigenvalue weighted by atomic mass is 16.5. The molecule has 4 rings (SSSR count). The Morgan fingerprint density at radius 2 is 1.71 bits per heavy atom. The van der Waals surface area contributed by atoms with Crippen molar-refractivity contribution in [3.8, 4) is 5.75 Å². The van der Waals surface area contributed by atoms with E-state index in [1.54, 1.807) is 30.2 Å². The number of imide groups is 1. The predicted octanol–water partition coefficient (Wildman–Crippen LogP) is 3.05. The number of nitrogens with zero attached hydrogens (tertiary/aromatic N) is 3. The third-order valence-corrected chi connectivity index (χ3v) is 5.94. The number of benzene rings is 2. The van der Waals surface area contributed by atoms with Crippen LogP contribution in [0.1, 0.15) is 50.8 Å². The van der Waals surface area contributed by atoms with Crippen LogP contribution in [0.15, 0.2) is 42.5 Å². The predicted molar refractivity (Wildman–Crippen MR) is 118 cm³/mol. The van der Waals surface area contributed by atoms with Crippen molar-refractivity contribution >= 4 is 23.4 Å². The second-order valence-electron chi connectivity index (χ2n) is 7.86. The van der Waals surface area contributed by atoms with E-state index in [1.165, 1.54) is 4.90 Å². The summed E-state index contributed by atoms with van der Waals surface area (Å²) in [6.45, 7) is 5.03. The third kappa shape index (κ3) is 4.00. The van der Waals surface area contributed by atoms with Gasteiger partial charge in [-0.15, -0.1) is 0 Å². The molecule has 0 unspecified atom stereocenters. The standard InChI is InChI=1S/C24H27N3O4/c1-3-4-10-27-23(29)20-9-8-17(15-21(20)24(27)30)22(28)26-13-11-25(12-14-26)18-6-5-7-19(16-18)31-2/h5-9,15-16H,3-4,10-14H2,1-2H3. The Balaban J connectivity index is 1.44. The maximum absolute atomic E-state index is 13.1. The topological polar surface area (TPSA) is 70.2 Å². The first-order chi connectivity index (χ1) is 15.0. The number of hydrogen-bond donors (Lipinski definition) is 0. The molecule has 2 aromatic rings. The molecule has 7 nitrogen and oxygen atoms in total. The van der Waals surface area contributed by atoms with E-state index in [4.69, 9.17) is 4.74 Å². The Hall–Kier alpha value is -3.35. The van der Waals surface area contributed by atoms with Gasteiger partial charge in [-0.05, 0) is 36.8 Å². The minimum absolute atomic E-state index is 0.111. The van der Waals surface area contributed by atoms with Crippen LogP contribution in [-0.2, 0) is 0 Å². The number of methoxy groups -OCH3 is 1. The normalized spacial score (nSPS) is 16.0. The van der Waals surface area contributed by atoms with Crippen molar-refractivity contribution in [3.05, 3.63) is 59.2 Å². The van der Waals surface area contributed by atoms with E-state index in [2.05, 4.69) is 4.90 Å². The molecule has 0 radical (unpaired) electrons. The number of piperazine rings is 1. The molecule has 162 valence electrons. The quantitative estimate of drug-likeness (QED) is 0.671. The Labute approximate surface area is 182 Å². The van der Waals surface area contributed by atoms with E-state index >= 15 is 0 Å². The molecule has 1 fully saturated rings. The number of carbonyl (C=O) groups excluding carboxylic acids is 3. The van der Waals surface area contributed by atoms with Crippen molar-refractivity contribution < 1.29 is 19.1 Å². The Bertz CT molecular complexity index is 1010. The zero-order chi connectivity index (χ0) is 22.0. The summed E-state index contributed by atoms with van der Waals surface area (Å²) in [7, 11) is 1.65. The van der Waals surface area contributed by atoms with Gasteiger partial charge in [-0.25, -0.2) is 0 Å². The van der Waals surface area contributed by atoms with Gasteiger partial charge in [0.05, 0.1) is 18.2 Å². The Kier molecular flexibility index (Phi) is 5.93. The zero-order valence-electron chi connectivity index (χ0n) is 18.0. The first kappa shape index (κ1) is 20.9. The number of rotatable bonds is 6. The fraction of sp³-hybridized carbons (Fsp3) is 0.375. The molecule has 2 heterocycles. The van der Waals surface area contributed by atoms with Crippen molar-refractivity contribution in [2.75, 3.05) is 44.7 Å². The highest BCUT2D eigenvalue weighted by Gasteiger charge is 2.36. The van der Waals surface area contributed by atoms with Crippen molar-refractivity contribution in [3.63, 3.8) is 0 Å². The van der Waals surface area contributed by atoms with E-state index in [0.29, 0.717) is 49.4 Å². The van der Waals surface area contributed by atoms with Gasteiger partial charge < -0.3 is 14.5 Å². The molecule has 0 saturated carbocycles. The fourth-order valence-corrected chi connectivity index (χ4v) is 4.10. The lowest BCUT2D eigenvalue weighted by atomic mass is 10.0. The van der Waals surface area contributed by atoms with Gasteiger partial charge in [-0.2, -0.15) is 0 Å². The molecule has 0 atom stereocenters. The summed E-state index contributed by atoms with van der Waals surface area (Å²) >= 11 is 0. The van der Waals surface area contributed by atoms with Crippen LogP contribution in [0.2, 0.25) is 0 Å². The van der Waals surface area contributed by atoms with Crippen LogP contribution in [0.5, 0.6) is 5.75 Å². The minimum Gasteiger partial charge on any atom is -0.497 e. The number of ether oxygens (including phenoxy) is 1. The van der Waals surface area contributed by atoms with Gasteiger partial charge in [-0.3, -0.25) is 19.3 Å². The van der Waals surface area contributed by atoms with Crippen LogP contribution in [0.25, 0.3) is 0 Å². The van der Waals surface area contributed by atoms with Crippen LogP contribution in [0.3, 0.4) is 0 Å². The van der Waals surface area contributed by atoms with Crippen LogP contribution in [-0.4, -0.2) is 67.4 Å². The summed E-state index contributed by atoms with van der Waals surface area (Å²) in [5.74, 6) is 0.131. The van der Waals surface area contributed by atoms with E-state index in [1.807, 2.05) is 31.2 Å². The van der Waals surface area contributed by atoms with Gasteiger partial charge in [0.15, 0.2) is 0 Å². The van der Waals surface area contributed by atoms with Gasteiger partial charge in [0.1, 0.15) is 5.75 Å². The molecule has 0 aliphatic carbocycles. The van der Waals surface area contributed by atoms with Gasteiger partial charge in [0.25, 0.3) is 17.7 Å². The number of fused-ring (bicyclic) bond motifs is 1. The highest BCUT2D eigenvalue weighted by molar-refractivity contribution is 6.22. The van der Waals surface area contributed by atoms with Crippen LogP contribution in [0.4, 0.5) is 5.69 Å². The molecular weight excluding hydrogens is 394 g/mol. The second kappa shape index (κ2) is 8.79. The average molecular weight is 421 g/mol. The van der Waals surface area contributed by atoms with Gasteiger partial charge >= 0.3 is 0 Å². The summed E-state index contributed by atoms with van der Waals surface area (Å²) in [4.78, 5) is 43.6. The van der Waals surface area contributed by atoms with Crippen LogP contribution >= 0.6 is 0 Å². The Morgan fingerprint density at radius 1 is 0.968 bits per heavy atom. The summed E-state index contributed by atoms with van der Waals surface area (Å²) in [6.07, 6.45) is 1.67. The van der Waals surface area contributed by atoms with Gasteiger partial charge in [-0.1, -0.05) is 19.4 Å². The van der Waals surface area contributed by atoms with Crippen LogP contribution < -0.4 is 9.64 Å². The third-order valence-electron chi connectivity index (χ3n) is 5.94. The molecule has 31 heavy (non-hydrogen) atoms. The minimum atomic E-state index is -0.300. The number of hydrogen-bond acceptors (Lipinski definition) is 5. The molecule has 0 spiro atoms. The highest BCUT2D eigenvalue weighted by Crippen LogP contribution is 2.26. The van der Waals surface area contributed by atoms with Crippen LogP contribution in [0, 0.1) is 0 Å². The molecule has 0 bridgehead atoms. The summed E-state index contributed by atoms with van der Waals surface area (Å²) < 4.78 is 5.30. The molecular formula is C24H27N3O4. The fourth-order valence-electron chi connectivity index (χ4n) is 4.10. The molecule has 2 aromatic carbocycles. The van der Waals surface area contributed by atoms with Crippen molar-refractivity contribution in [2.45, 2.75) is 19.8 Å². The molecule has 0 aromatic heterocycles. The van der Waals surface area contributed by atoms with Crippen molar-refractivity contribution in [1.82, 2.24) is 9.80 Å². The first-order valence-electron chi connectivity index (χ1n) is 10.7. The largest absolute Gasteiger partial charge is 0.497 e. The maximum atomic E-state index is 13.1. The molecule has 2 aliphatic heterocycles. The number of unbranched alkanes of at least 4 members (excludes halogenated alkanes) is 1. The molecule has 2 aliphatic rings. The SMILES string of the molecule is CCCCN1C(=O)c2ccc(C(=O)N3CCN(c4cccc(OC)c4)CC3)cc2C1=O. The summed E-state index contributed by atoms with van der Waals surface area (Å²) in [6, 6.07) is 12.7. The molecule has 7 heteroatoms. The lowest BCUT2D eigenvalue weighted by Crippen LogP contribution is -2.48. The van der Waals surface area contributed by atoms with Crippen molar-refractivity contribution in [2.24, 2.45) is 0 Å². The molecule has 3 amide bonds. The Morgan fingerprint density at radius 3 is 2.42 bits per heavy atom. The maximum Gasteiger partial charge on any atom is 0.261 e.